The number of Topliss-reactive ketones (excluding diaryl/α,β-unsaturated/α-hetero) is 1. The second-order valence-electron chi connectivity index (χ2n) is 9.04. The lowest BCUT2D eigenvalue weighted by Crippen LogP contribution is -2.61. The number of fused-ring (bicyclic) bond motifs is 1. The number of rotatable bonds is 6. The first kappa shape index (κ1) is 28.7. The lowest BCUT2D eigenvalue weighted by atomic mass is 9.59. The van der Waals surface area contributed by atoms with Crippen LogP contribution in [0.3, 0.4) is 0 Å². The maximum absolute atomic E-state index is 13.5. The molecular formula is C25H27F3N2O8. The summed E-state index contributed by atoms with van der Waals surface area (Å²) in [6.07, 6.45) is -5.64. The Morgan fingerprint density at radius 3 is 2.37 bits per heavy atom. The van der Waals surface area contributed by atoms with Crippen LogP contribution in [0.5, 0.6) is 5.75 Å². The van der Waals surface area contributed by atoms with Gasteiger partial charge in [0, 0.05) is 38.0 Å². The lowest BCUT2D eigenvalue weighted by Gasteiger charge is -2.50. The van der Waals surface area contributed by atoms with Gasteiger partial charge in [-0.1, -0.05) is 24.3 Å². The van der Waals surface area contributed by atoms with Gasteiger partial charge in [-0.3, -0.25) is 9.59 Å². The number of halogens is 3. The number of methoxy groups -OCH3 is 2. The van der Waals surface area contributed by atoms with E-state index in [9.17, 15) is 37.1 Å². The highest BCUT2D eigenvalue weighted by Crippen LogP contribution is 2.49. The molecule has 0 radical (unpaired) electrons. The summed E-state index contributed by atoms with van der Waals surface area (Å²) in [4.78, 5) is 65.1. The number of nitrogens with zero attached hydrogens (tertiary/aromatic N) is 2. The number of likely N-dealkylation sites (tertiary alicyclic amines) is 1. The van der Waals surface area contributed by atoms with Gasteiger partial charge in [-0.15, -0.1) is 0 Å². The van der Waals surface area contributed by atoms with Gasteiger partial charge in [0.15, 0.2) is 0 Å². The molecule has 1 fully saturated rings. The number of benzene rings is 1. The van der Waals surface area contributed by atoms with Gasteiger partial charge in [-0.05, 0) is 25.0 Å². The molecule has 10 nitrogen and oxygen atoms in total. The van der Waals surface area contributed by atoms with Crippen molar-refractivity contribution in [3.63, 3.8) is 0 Å². The van der Waals surface area contributed by atoms with Crippen LogP contribution in [0, 0.1) is 11.3 Å². The molecule has 206 valence electrons. The fourth-order valence-electron chi connectivity index (χ4n) is 5.05. The van der Waals surface area contributed by atoms with Crippen LogP contribution in [-0.2, 0) is 28.7 Å². The van der Waals surface area contributed by atoms with Crippen molar-refractivity contribution in [3.05, 3.63) is 42.0 Å². The fraction of sp³-hybridized carbons (Fsp3) is 0.480. The van der Waals surface area contributed by atoms with E-state index in [1.165, 1.54) is 23.1 Å². The molecule has 2 aliphatic rings. The summed E-state index contributed by atoms with van der Waals surface area (Å²) in [6.45, 7) is -0.335. The Morgan fingerprint density at radius 2 is 1.79 bits per heavy atom. The number of allylic oxidation sites excluding steroid dienone is 1. The summed E-state index contributed by atoms with van der Waals surface area (Å²) in [5.41, 5.74) is -1.61. The summed E-state index contributed by atoms with van der Waals surface area (Å²) in [7, 11) is 2.85. The molecule has 1 aliphatic heterocycles. The van der Waals surface area contributed by atoms with Gasteiger partial charge in [0.25, 0.3) is 0 Å². The zero-order valence-electron chi connectivity index (χ0n) is 20.9. The number of piperidine rings is 1. The van der Waals surface area contributed by atoms with Crippen molar-refractivity contribution in [1.29, 1.82) is 0 Å². The van der Waals surface area contributed by atoms with Crippen molar-refractivity contribution in [2.75, 3.05) is 34.4 Å². The molecule has 38 heavy (non-hydrogen) atoms. The fourth-order valence-corrected chi connectivity index (χ4v) is 5.05. The van der Waals surface area contributed by atoms with E-state index in [-0.39, 0.29) is 42.2 Å². The Bertz CT molecular complexity index is 1140. The molecule has 1 aliphatic carbocycles. The average molecular weight is 540 g/mol. The molecule has 1 aromatic carbocycles. The Hall–Kier alpha value is -3.90. The van der Waals surface area contributed by atoms with E-state index in [4.69, 9.17) is 9.47 Å². The third kappa shape index (κ3) is 5.65. The molecule has 13 heteroatoms. The minimum atomic E-state index is -5.30. The zero-order valence-corrected chi connectivity index (χ0v) is 20.9. The molecule has 0 bridgehead atoms. The number of carbonyl (C=O) groups is 5. The van der Waals surface area contributed by atoms with E-state index in [1.54, 1.807) is 18.2 Å². The summed E-state index contributed by atoms with van der Waals surface area (Å²) >= 11 is 0. The largest absolute Gasteiger partial charge is 0.471 e. The van der Waals surface area contributed by atoms with Crippen molar-refractivity contribution in [2.24, 2.45) is 11.3 Å². The predicted molar refractivity (Wildman–Crippen MR) is 124 cm³/mol. The van der Waals surface area contributed by atoms with Crippen LogP contribution in [0.1, 0.15) is 19.3 Å². The normalized spacial score (nSPS) is 21.9. The van der Waals surface area contributed by atoms with Crippen molar-refractivity contribution in [1.82, 2.24) is 9.80 Å². The average Bonchev–Trinajstić information content (AvgIpc) is 2.90. The Kier molecular flexibility index (Phi) is 8.48. The summed E-state index contributed by atoms with van der Waals surface area (Å²) < 4.78 is 54.7. The van der Waals surface area contributed by atoms with Crippen molar-refractivity contribution in [3.8, 4) is 5.75 Å². The number of esters is 2. The van der Waals surface area contributed by atoms with Crippen LogP contribution in [0.4, 0.5) is 18.0 Å². The standard InChI is InChI=1S/C25H27F3N2O8/c1-29(22(34)25(26,27)28)18(21(33)37-3)13-24-14-30(23(35)38-15-7-5-4-6-8-15)12-11-17(24)16(20(32)36-2)9-10-19(24)31/h4-9,17-18H,10-14H2,1-3H3. The quantitative estimate of drug-likeness (QED) is 0.505. The smallest absolute Gasteiger partial charge is 0.467 e. The van der Waals surface area contributed by atoms with E-state index >= 15 is 0 Å². The Balaban J connectivity index is 2.04. The van der Waals surface area contributed by atoms with E-state index in [2.05, 4.69) is 4.74 Å². The summed E-state index contributed by atoms with van der Waals surface area (Å²) in [6, 6.07) is 6.23. The van der Waals surface area contributed by atoms with Crippen LogP contribution in [0.15, 0.2) is 42.0 Å². The molecule has 3 atom stereocenters. The maximum atomic E-state index is 13.5. The number of amides is 2. The number of hydrogen-bond acceptors (Lipinski definition) is 8. The number of hydrogen-bond donors (Lipinski definition) is 0. The highest BCUT2D eigenvalue weighted by atomic mass is 19.4. The minimum Gasteiger partial charge on any atom is -0.467 e. The summed E-state index contributed by atoms with van der Waals surface area (Å²) in [5, 5.41) is 0. The van der Waals surface area contributed by atoms with E-state index in [1.807, 2.05) is 0 Å². The third-order valence-electron chi connectivity index (χ3n) is 6.95. The molecule has 1 heterocycles. The highest BCUT2D eigenvalue weighted by Gasteiger charge is 2.57. The SMILES string of the molecule is COC(=O)C1=CCC(=O)C2(CC(C(=O)OC)N(C)C(=O)C(F)(F)F)CN(C(=O)Oc3ccccc3)CCC12. The molecular weight excluding hydrogens is 513 g/mol. The maximum Gasteiger partial charge on any atom is 0.471 e. The third-order valence-corrected chi connectivity index (χ3v) is 6.95. The first-order valence-corrected chi connectivity index (χ1v) is 11.6. The lowest BCUT2D eigenvalue weighted by molar-refractivity contribution is -0.189. The summed E-state index contributed by atoms with van der Waals surface area (Å²) in [5.74, 6) is -5.45. The monoisotopic (exact) mass is 540 g/mol. The Labute approximate surface area is 216 Å². The number of alkyl halides is 3. The van der Waals surface area contributed by atoms with E-state index in [0.717, 1.165) is 21.3 Å². The van der Waals surface area contributed by atoms with Crippen molar-refractivity contribution >= 4 is 29.7 Å². The first-order chi connectivity index (χ1) is 17.9. The van der Waals surface area contributed by atoms with Crippen LogP contribution in [-0.4, -0.2) is 86.1 Å². The van der Waals surface area contributed by atoms with Gasteiger partial charge in [0.2, 0.25) is 0 Å². The van der Waals surface area contributed by atoms with Crippen LogP contribution in [0.25, 0.3) is 0 Å². The van der Waals surface area contributed by atoms with Gasteiger partial charge in [-0.2, -0.15) is 13.2 Å². The molecule has 0 saturated carbocycles. The van der Waals surface area contributed by atoms with Gasteiger partial charge >= 0.3 is 30.1 Å². The van der Waals surface area contributed by atoms with E-state index < -0.39 is 59.7 Å². The number of carbonyl (C=O) groups excluding carboxylic acids is 5. The number of likely N-dealkylation sites (N-methyl/N-ethyl adjacent to an activating group) is 1. The minimum absolute atomic E-state index is 0.0416. The van der Waals surface area contributed by atoms with Gasteiger partial charge in [-0.25, -0.2) is 14.4 Å². The molecule has 3 rings (SSSR count). The first-order valence-electron chi connectivity index (χ1n) is 11.6. The van der Waals surface area contributed by atoms with Crippen LogP contribution < -0.4 is 4.74 Å². The predicted octanol–water partition coefficient (Wildman–Crippen LogP) is 2.52. The number of ether oxygens (including phenoxy) is 3. The highest BCUT2D eigenvalue weighted by molar-refractivity contribution is 5.98. The number of ketones is 1. The van der Waals surface area contributed by atoms with Crippen LogP contribution >= 0.6 is 0 Å². The van der Waals surface area contributed by atoms with Crippen molar-refractivity contribution in [2.45, 2.75) is 31.5 Å². The van der Waals surface area contributed by atoms with Gasteiger partial charge in [0.1, 0.15) is 17.6 Å². The molecule has 3 unspecified atom stereocenters. The van der Waals surface area contributed by atoms with Crippen LogP contribution in [0.2, 0.25) is 0 Å². The number of para-hydroxylation sites is 1. The van der Waals surface area contributed by atoms with Crippen molar-refractivity contribution < 1.29 is 51.4 Å². The molecule has 0 spiro atoms. The second-order valence-corrected chi connectivity index (χ2v) is 9.04. The topological polar surface area (TPSA) is 120 Å². The molecule has 1 aromatic rings. The molecule has 0 aromatic heterocycles. The Morgan fingerprint density at radius 1 is 1.13 bits per heavy atom. The van der Waals surface area contributed by atoms with Gasteiger partial charge in [0.05, 0.1) is 19.6 Å². The molecule has 0 N–H and O–H groups in total. The van der Waals surface area contributed by atoms with E-state index in [0.29, 0.717) is 0 Å². The zero-order chi connectivity index (χ0) is 28.3. The molecule has 1 saturated heterocycles. The molecule has 2 amide bonds. The second kappa shape index (κ2) is 11.2. The van der Waals surface area contributed by atoms with Gasteiger partial charge < -0.3 is 24.0 Å².